The molecule has 2 bridgehead atoms. The summed E-state index contributed by atoms with van der Waals surface area (Å²) < 4.78 is 1.79. The molecule has 2 aliphatic heterocycles. The van der Waals surface area contributed by atoms with Crippen molar-refractivity contribution < 1.29 is 19.5 Å². The molecular formula is C26H20N2O5. The van der Waals surface area contributed by atoms with Crippen LogP contribution in [-0.4, -0.2) is 45.1 Å². The number of phenolic OH excluding ortho intramolecular Hbond substituents is 1. The summed E-state index contributed by atoms with van der Waals surface area (Å²) in [6.07, 6.45) is 0.896. The number of nitrogens with zero attached hydrogens (tertiary/aromatic N) is 2. The molecule has 1 N–H and O–H groups in total. The molecule has 164 valence electrons. The van der Waals surface area contributed by atoms with E-state index in [0.29, 0.717) is 25.2 Å². The van der Waals surface area contributed by atoms with Gasteiger partial charge < -0.3 is 14.6 Å². The van der Waals surface area contributed by atoms with Gasteiger partial charge >= 0.3 is 0 Å². The minimum absolute atomic E-state index is 0.0136. The Balaban J connectivity index is 1.36. The highest BCUT2D eigenvalue weighted by Gasteiger charge is 2.39. The van der Waals surface area contributed by atoms with Crippen LogP contribution in [0.5, 0.6) is 5.75 Å². The van der Waals surface area contributed by atoms with Gasteiger partial charge in [-0.2, -0.15) is 0 Å². The van der Waals surface area contributed by atoms with Gasteiger partial charge in [-0.15, -0.1) is 0 Å². The maximum atomic E-state index is 13.5. The van der Waals surface area contributed by atoms with Crippen molar-refractivity contribution in [3.63, 3.8) is 0 Å². The number of aromatic nitrogens is 1. The number of carbonyl (C=O) groups excluding carboxylic acids is 3. The van der Waals surface area contributed by atoms with Crippen molar-refractivity contribution in [2.75, 3.05) is 13.1 Å². The molecule has 0 spiro atoms. The van der Waals surface area contributed by atoms with Crippen LogP contribution in [0.1, 0.15) is 60.2 Å². The van der Waals surface area contributed by atoms with Crippen LogP contribution < -0.4 is 5.56 Å². The highest BCUT2D eigenvalue weighted by atomic mass is 16.3. The first-order valence-corrected chi connectivity index (χ1v) is 11.0. The maximum absolute atomic E-state index is 13.5. The maximum Gasteiger partial charge on any atom is 0.257 e. The molecule has 3 heterocycles. The van der Waals surface area contributed by atoms with Crippen molar-refractivity contribution in [3.05, 3.63) is 98.5 Å². The minimum Gasteiger partial charge on any atom is -0.506 e. The van der Waals surface area contributed by atoms with Gasteiger partial charge in [0, 0.05) is 54.0 Å². The van der Waals surface area contributed by atoms with Crippen LogP contribution >= 0.6 is 0 Å². The molecule has 1 aliphatic carbocycles. The number of pyridine rings is 1. The van der Waals surface area contributed by atoms with Crippen molar-refractivity contribution in [1.29, 1.82) is 0 Å². The first kappa shape index (κ1) is 19.7. The summed E-state index contributed by atoms with van der Waals surface area (Å²) in [6.45, 7) is 1.43. The molecule has 3 aliphatic rings. The Morgan fingerprint density at radius 2 is 1.58 bits per heavy atom. The van der Waals surface area contributed by atoms with E-state index in [2.05, 4.69) is 0 Å². The molecule has 1 aromatic heterocycles. The number of likely N-dealkylation sites (tertiary alicyclic amines) is 1. The highest BCUT2D eigenvalue weighted by Crippen LogP contribution is 2.38. The highest BCUT2D eigenvalue weighted by molar-refractivity contribution is 6.30. The summed E-state index contributed by atoms with van der Waals surface area (Å²) >= 11 is 0. The Kier molecular flexibility index (Phi) is 4.17. The van der Waals surface area contributed by atoms with Gasteiger partial charge in [-0.05, 0) is 30.5 Å². The normalized spacial score (nSPS) is 20.7. The molecule has 1 amide bonds. The number of benzene rings is 2. The predicted octanol–water partition coefficient (Wildman–Crippen LogP) is 2.59. The van der Waals surface area contributed by atoms with Crippen molar-refractivity contribution in [1.82, 2.24) is 9.47 Å². The first-order chi connectivity index (χ1) is 15.9. The minimum atomic E-state index is -0.462. The molecule has 2 atom stereocenters. The number of carbonyl (C=O) groups is 3. The number of aromatic hydroxyl groups is 1. The fraction of sp³-hybridized carbons (Fsp3) is 0.231. The summed E-state index contributed by atoms with van der Waals surface area (Å²) in [5, 5.41) is 11.0. The molecule has 2 aromatic carbocycles. The molecule has 1 fully saturated rings. The third-order valence-electron chi connectivity index (χ3n) is 7.06. The predicted molar refractivity (Wildman–Crippen MR) is 119 cm³/mol. The SMILES string of the molecule is O=C1c2ccccc2C(=O)c2c1ccc(C(=O)N1CC3CC(C1)c1cccc(=O)n1C3)c2O. The Hall–Kier alpha value is -4.00. The van der Waals surface area contributed by atoms with Crippen molar-refractivity contribution in [2.45, 2.75) is 18.9 Å². The van der Waals surface area contributed by atoms with Crippen LogP contribution in [0.2, 0.25) is 0 Å². The van der Waals surface area contributed by atoms with Crippen LogP contribution in [-0.2, 0) is 6.54 Å². The van der Waals surface area contributed by atoms with Gasteiger partial charge in [0.05, 0.1) is 11.1 Å². The molecule has 6 rings (SSSR count). The third kappa shape index (κ3) is 2.81. The number of hydrogen-bond donors (Lipinski definition) is 1. The summed E-state index contributed by atoms with van der Waals surface area (Å²) in [4.78, 5) is 53.3. The molecule has 3 aromatic rings. The number of ketones is 2. The summed E-state index contributed by atoms with van der Waals surface area (Å²) in [7, 11) is 0. The third-order valence-corrected chi connectivity index (χ3v) is 7.06. The fourth-order valence-corrected chi connectivity index (χ4v) is 5.57. The van der Waals surface area contributed by atoms with Gasteiger partial charge in [-0.1, -0.05) is 30.3 Å². The number of amides is 1. The summed E-state index contributed by atoms with van der Waals surface area (Å²) in [6, 6.07) is 14.6. The second-order valence-corrected chi connectivity index (χ2v) is 9.00. The van der Waals surface area contributed by atoms with Crippen LogP contribution in [0.25, 0.3) is 0 Å². The smallest absolute Gasteiger partial charge is 0.257 e. The summed E-state index contributed by atoms with van der Waals surface area (Å²) in [5.41, 5.74) is 1.42. The van der Waals surface area contributed by atoms with E-state index >= 15 is 0 Å². The zero-order valence-corrected chi connectivity index (χ0v) is 17.7. The number of piperidine rings is 1. The van der Waals surface area contributed by atoms with Gasteiger partial charge in [-0.3, -0.25) is 19.2 Å². The quantitative estimate of drug-likeness (QED) is 0.491. The van der Waals surface area contributed by atoms with E-state index < -0.39 is 11.5 Å². The van der Waals surface area contributed by atoms with Gasteiger partial charge in [0.15, 0.2) is 11.6 Å². The molecular weight excluding hydrogens is 420 g/mol. The molecule has 33 heavy (non-hydrogen) atoms. The number of phenols is 1. The van der Waals surface area contributed by atoms with E-state index in [1.165, 1.54) is 12.1 Å². The van der Waals surface area contributed by atoms with Crippen LogP contribution in [0, 0.1) is 5.92 Å². The fourth-order valence-electron chi connectivity index (χ4n) is 5.57. The van der Waals surface area contributed by atoms with Gasteiger partial charge in [0.1, 0.15) is 5.75 Å². The van der Waals surface area contributed by atoms with Gasteiger partial charge in [0.25, 0.3) is 11.5 Å². The van der Waals surface area contributed by atoms with Crippen LogP contribution in [0.15, 0.2) is 59.4 Å². The second-order valence-electron chi connectivity index (χ2n) is 9.00. The zero-order valence-electron chi connectivity index (χ0n) is 17.7. The van der Waals surface area contributed by atoms with Crippen LogP contribution in [0.3, 0.4) is 0 Å². The van der Waals surface area contributed by atoms with Gasteiger partial charge in [-0.25, -0.2) is 0 Å². The summed E-state index contributed by atoms with van der Waals surface area (Å²) in [5.74, 6) is -1.46. The molecule has 7 heteroatoms. The number of fused-ring (bicyclic) bond motifs is 6. The molecule has 0 radical (unpaired) electrons. The Morgan fingerprint density at radius 3 is 2.36 bits per heavy atom. The van der Waals surface area contributed by atoms with E-state index in [1.54, 1.807) is 45.9 Å². The van der Waals surface area contributed by atoms with Crippen molar-refractivity contribution in [3.8, 4) is 5.75 Å². The topological polar surface area (TPSA) is 96.7 Å². The largest absolute Gasteiger partial charge is 0.506 e. The second kappa shape index (κ2) is 7.00. The molecule has 2 unspecified atom stereocenters. The average Bonchev–Trinajstić information content (AvgIpc) is 2.82. The lowest BCUT2D eigenvalue weighted by atomic mass is 9.81. The van der Waals surface area contributed by atoms with Gasteiger partial charge in [0.2, 0.25) is 0 Å². The lowest BCUT2D eigenvalue weighted by Crippen LogP contribution is -2.49. The Bertz CT molecular complexity index is 1440. The van der Waals surface area contributed by atoms with E-state index in [-0.39, 0.29) is 51.3 Å². The molecule has 0 saturated carbocycles. The Labute approximate surface area is 188 Å². The standard InChI is InChI=1S/C26H20N2O5/c29-21-7-3-6-20-15-10-14(12-28(20)21)11-27(13-15)26(33)19-9-8-18-22(25(19)32)24(31)17-5-2-1-4-16(17)23(18)30/h1-9,14-15,32H,10-13H2. The van der Waals surface area contributed by atoms with E-state index in [9.17, 15) is 24.3 Å². The van der Waals surface area contributed by atoms with Crippen molar-refractivity contribution in [2.24, 2.45) is 5.92 Å². The first-order valence-electron chi connectivity index (χ1n) is 11.0. The molecule has 1 saturated heterocycles. The molecule has 7 nitrogen and oxygen atoms in total. The number of hydrogen-bond acceptors (Lipinski definition) is 5. The zero-order chi connectivity index (χ0) is 22.9. The van der Waals surface area contributed by atoms with E-state index in [1.807, 2.05) is 6.07 Å². The van der Waals surface area contributed by atoms with E-state index in [4.69, 9.17) is 0 Å². The Morgan fingerprint density at radius 1 is 0.818 bits per heavy atom. The van der Waals surface area contributed by atoms with Crippen LogP contribution in [0.4, 0.5) is 0 Å². The lowest BCUT2D eigenvalue weighted by Gasteiger charge is -2.42. The number of rotatable bonds is 1. The van der Waals surface area contributed by atoms with E-state index in [0.717, 1.165) is 12.1 Å². The monoisotopic (exact) mass is 440 g/mol. The van der Waals surface area contributed by atoms with Crippen molar-refractivity contribution >= 4 is 17.5 Å². The lowest BCUT2D eigenvalue weighted by molar-refractivity contribution is 0.0591. The average molecular weight is 440 g/mol.